The van der Waals surface area contributed by atoms with E-state index in [1.54, 1.807) is 18.4 Å². The molecule has 2 heterocycles. The Morgan fingerprint density at radius 3 is 2.83 bits per heavy atom. The summed E-state index contributed by atoms with van der Waals surface area (Å²) in [4.78, 5) is 6.87. The van der Waals surface area contributed by atoms with Crippen molar-refractivity contribution in [2.24, 2.45) is 0 Å². The summed E-state index contributed by atoms with van der Waals surface area (Å²) in [6, 6.07) is 6.80. The number of halogens is 2. The summed E-state index contributed by atoms with van der Waals surface area (Å²) >= 11 is 0. The molecule has 1 atom stereocenters. The third-order valence-corrected chi connectivity index (χ3v) is 4.22. The van der Waals surface area contributed by atoms with Gasteiger partial charge < -0.3 is 9.73 Å². The lowest BCUT2D eigenvalue weighted by molar-refractivity contribution is 0.214. The summed E-state index contributed by atoms with van der Waals surface area (Å²) in [5.41, 5.74) is 1.72. The third kappa shape index (κ3) is 4.77. The van der Waals surface area contributed by atoms with Gasteiger partial charge >= 0.3 is 0 Å². The predicted molar refractivity (Wildman–Crippen MR) is 91.1 cm³/mol. The molecule has 126 valence electrons. The highest BCUT2D eigenvalue weighted by Gasteiger charge is 2.18. The Morgan fingerprint density at radius 1 is 1.26 bits per heavy atom. The van der Waals surface area contributed by atoms with Gasteiger partial charge in [-0.25, -0.2) is 9.37 Å². The Labute approximate surface area is 142 Å². The van der Waals surface area contributed by atoms with Gasteiger partial charge in [0.1, 0.15) is 12.1 Å². The zero-order valence-electron chi connectivity index (χ0n) is 13.3. The first kappa shape index (κ1) is 17.9. The van der Waals surface area contributed by atoms with Gasteiger partial charge in [0.25, 0.3) is 0 Å². The number of benzene rings is 1. The second-order valence-corrected chi connectivity index (χ2v) is 5.90. The van der Waals surface area contributed by atoms with Crippen molar-refractivity contribution < 1.29 is 8.81 Å². The monoisotopic (exact) mass is 339 g/mol. The summed E-state index contributed by atoms with van der Waals surface area (Å²) in [5.74, 6) is 0.295. The smallest absolute Gasteiger partial charge is 0.226 e. The molecule has 1 fully saturated rings. The molecule has 0 aliphatic carbocycles. The van der Waals surface area contributed by atoms with Gasteiger partial charge in [0.15, 0.2) is 0 Å². The van der Waals surface area contributed by atoms with Gasteiger partial charge in [0, 0.05) is 18.2 Å². The molecule has 0 radical (unpaired) electrons. The van der Waals surface area contributed by atoms with E-state index in [0.29, 0.717) is 11.9 Å². The standard InChI is InChI=1S/C17H22FN3O.ClH/c1-21(16-3-2-9-19-10-8-16)11-15-12-22-17(20-15)13-4-6-14(18)7-5-13;/h4-7,12,16,19H,2-3,8-11H2,1H3;1H. The third-order valence-electron chi connectivity index (χ3n) is 4.22. The molecule has 1 N–H and O–H groups in total. The minimum Gasteiger partial charge on any atom is -0.444 e. The van der Waals surface area contributed by atoms with Crippen LogP contribution in [-0.4, -0.2) is 36.1 Å². The first-order valence-electron chi connectivity index (χ1n) is 7.83. The van der Waals surface area contributed by atoms with E-state index in [1.807, 2.05) is 0 Å². The van der Waals surface area contributed by atoms with Crippen LogP contribution in [-0.2, 0) is 6.54 Å². The molecule has 23 heavy (non-hydrogen) atoms. The number of rotatable bonds is 4. The average Bonchev–Trinajstić information content (AvgIpc) is 2.81. The second kappa shape index (κ2) is 8.43. The highest BCUT2D eigenvalue weighted by molar-refractivity contribution is 5.85. The zero-order valence-corrected chi connectivity index (χ0v) is 14.1. The van der Waals surface area contributed by atoms with Crippen LogP contribution in [0.15, 0.2) is 34.9 Å². The van der Waals surface area contributed by atoms with Crippen LogP contribution < -0.4 is 5.32 Å². The molecule has 0 saturated carbocycles. The van der Waals surface area contributed by atoms with Crippen molar-refractivity contribution >= 4 is 12.4 Å². The summed E-state index contributed by atoms with van der Waals surface area (Å²) in [6.45, 7) is 2.97. The van der Waals surface area contributed by atoms with Crippen molar-refractivity contribution in [1.29, 1.82) is 0 Å². The molecule has 0 spiro atoms. The summed E-state index contributed by atoms with van der Waals surface area (Å²) in [5, 5.41) is 3.43. The molecule has 3 rings (SSSR count). The second-order valence-electron chi connectivity index (χ2n) is 5.90. The van der Waals surface area contributed by atoms with Crippen molar-refractivity contribution in [1.82, 2.24) is 15.2 Å². The van der Waals surface area contributed by atoms with Gasteiger partial charge in [-0.3, -0.25) is 4.90 Å². The quantitative estimate of drug-likeness (QED) is 0.926. The fourth-order valence-corrected chi connectivity index (χ4v) is 2.93. The van der Waals surface area contributed by atoms with Gasteiger partial charge in [-0.05, 0) is 63.7 Å². The molecular weight excluding hydrogens is 317 g/mol. The molecule has 6 heteroatoms. The lowest BCUT2D eigenvalue weighted by Crippen LogP contribution is -2.32. The maximum atomic E-state index is 13.0. The first-order chi connectivity index (χ1) is 10.7. The Balaban J connectivity index is 0.00000192. The molecular formula is C17H23ClFN3O. The molecule has 2 aromatic rings. The molecule has 1 aromatic carbocycles. The largest absolute Gasteiger partial charge is 0.444 e. The minimum atomic E-state index is -0.253. The fourth-order valence-electron chi connectivity index (χ4n) is 2.93. The van der Waals surface area contributed by atoms with Crippen molar-refractivity contribution in [3.8, 4) is 11.5 Å². The topological polar surface area (TPSA) is 41.3 Å². The van der Waals surface area contributed by atoms with Crippen molar-refractivity contribution in [3.63, 3.8) is 0 Å². The number of nitrogens with one attached hydrogen (secondary N) is 1. The number of hydrogen-bond acceptors (Lipinski definition) is 4. The summed E-state index contributed by atoms with van der Waals surface area (Å²) < 4.78 is 18.5. The summed E-state index contributed by atoms with van der Waals surface area (Å²) in [6.07, 6.45) is 5.30. The molecule has 0 amide bonds. The van der Waals surface area contributed by atoms with Gasteiger partial charge in [-0.2, -0.15) is 0 Å². The number of hydrogen-bond donors (Lipinski definition) is 1. The van der Waals surface area contributed by atoms with E-state index in [-0.39, 0.29) is 18.2 Å². The van der Waals surface area contributed by atoms with E-state index < -0.39 is 0 Å². The van der Waals surface area contributed by atoms with Gasteiger partial charge in [-0.15, -0.1) is 12.4 Å². The van der Waals surface area contributed by atoms with Crippen LogP contribution in [0.4, 0.5) is 4.39 Å². The molecule has 1 aliphatic rings. The Morgan fingerprint density at radius 2 is 2.04 bits per heavy atom. The molecule has 0 bridgehead atoms. The Bertz CT molecular complexity index is 594. The minimum absolute atomic E-state index is 0. The Kier molecular flexibility index (Phi) is 6.57. The van der Waals surface area contributed by atoms with Crippen molar-refractivity contribution in [3.05, 3.63) is 42.0 Å². The SMILES string of the molecule is CN(Cc1coc(-c2ccc(F)cc2)n1)C1CCCNCC1.Cl. The lowest BCUT2D eigenvalue weighted by Gasteiger charge is -2.25. The van der Waals surface area contributed by atoms with Crippen LogP contribution in [0.1, 0.15) is 25.0 Å². The molecule has 1 aliphatic heterocycles. The van der Waals surface area contributed by atoms with Crippen LogP contribution in [0, 0.1) is 5.82 Å². The maximum absolute atomic E-state index is 13.0. The van der Waals surface area contributed by atoms with Crippen LogP contribution in [0.25, 0.3) is 11.5 Å². The van der Waals surface area contributed by atoms with E-state index in [4.69, 9.17) is 4.42 Å². The Hall–Kier alpha value is -1.43. The van der Waals surface area contributed by atoms with Crippen molar-refractivity contribution in [2.75, 3.05) is 20.1 Å². The van der Waals surface area contributed by atoms with E-state index in [0.717, 1.165) is 30.9 Å². The molecule has 1 aromatic heterocycles. The predicted octanol–water partition coefficient (Wildman–Crippen LogP) is 3.48. The number of aromatic nitrogens is 1. The normalized spacial score (nSPS) is 18.5. The summed E-state index contributed by atoms with van der Waals surface area (Å²) in [7, 11) is 2.14. The van der Waals surface area contributed by atoms with Crippen LogP contribution in [0.3, 0.4) is 0 Å². The van der Waals surface area contributed by atoms with Gasteiger partial charge in [0.05, 0.1) is 5.69 Å². The van der Waals surface area contributed by atoms with E-state index in [2.05, 4.69) is 22.2 Å². The molecule has 1 unspecified atom stereocenters. The van der Waals surface area contributed by atoms with Crippen molar-refractivity contribution in [2.45, 2.75) is 31.8 Å². The van der Waals surface area contributed by atoms with Crippen LogP contribution in [0.2, 0.25) is 0 Å². The van der Waals surface area contributed by atoms with Gasteiger partial charge in [0.2, 0.25) is 5.89 Å². The molecule has 1 saturated heterocycles. The van der Waals surface area contributed by atoms with E-state index in [1.165, 1.54) is 31.4 Å². The maximum Gasteiger partial charge on any atom is 0.226 e. The molecule has 4 nitrogen and oxygen atoms in total. The van der Waals surface area contributed by atoms with Gasteiger partial charge in [-0.1, -0.05) is 0 Å². The lowest BCUT2D eigenvalue weighted by atomic mass is 10.1. The zero-order chi connectivity index (χ0) is 15.4. The fraction of sp³-hybridized carbons (Fsp3) is 0.471. The highest BCUT2D eigenvalue weighted by atomic mass is 35.5. The number of nitrogens with zero attached hydrogens (tertiary/aromatic N) is 2. The van der Waals surface area contributed by atoms with E-state index >= 15 is 0 Å². The van der Waals surface area contributed by atoms with E-state index in [9.17, 15) is 4.39 Å². The average molecular weight is 340 g/mol. The number of oxazole rings is 1. The van der Waals surface area contributed by atoms with Crippen LogP contribution in [0.5, 0.6) is 0 Å². The first-order valence-corrected chi connectivity index (χ1v) is 7.83. The highest BCUT2D eigenvalue weighted by Crippen LogP contribution is 2.20. The van der Waals surface area contributed by atoms with Crippen LogP contribution >= 0.6 is 12.4 Å².